The fourth-order valence-electron chi connectivity index (χ4n) is 2.49. The molecule has 0 aliphatic rings. The summed E-state index contributed by atoms with van der Waals surface area (Å²) in [5.74, 6) is -0.105. The van der Waals surface area contributed by atoms with E-state index in [1.54, 1.807) is 30.2 Å². The summed E-state index contributed by atoms with van der Waals surface area (Å²) in [4.78, 5) is 25.1. The Balaban J connectivity index is 1.43. The van der Waals surface area contributed by atoms with Crippen molar-refractivity contribution >= 4 is 27.5 Å². The van der Waals surface area contributed by atoms with Crippen LogP contribution >= 0.6 is 11.3 Å². The van der Waals surface area contributed by atoms with Gasteiger partial charge in [-0.1, -0.05) is 6.07 Å². The third kappa shape index (κ3) is 3.39. The number of carbonyl (C=O) groups is 1. The van der Waals surface area contributed by atoms with Gasteiger partial charge < -0.3 is 5.32 Å². The number of pyridine rings is 2. The quantitative estimate of drug-likeness (QED) is 0.612. The predicted molar refractivity (Wildman–Crippen MR) is 98.3 cm³/mol. The zero-order valence-corrected chi connectivity index (χ0v) is 14.0. The highest BCUT2D eigenvalue weighted by Crippen LogP contribution is 2.19. The molecule has 0 unspecified atom stereocenters. The number of fused-ring (bicyclic) bond motifs is 1. The van der Waals surface area contributed by atoms with Gasteiger partial charge in [0.25, 0.3) is 5.91 Å². The molecule has 3 aromatic heterocycles. The second-order valence-corrected chi connectivity index (χ2v) is 6.40. The lowest BCUT2D eigenvalue weighted by atomic mass is 10.1. The lowest BCUT2D eigenvalue weighted by Crippen LogP contribution is -2.22. The second kappa shape index (κ2) is 6.78. The van der Waals surface area contributed by atoms with Gasteiger partial charge in [-0.25, -0.2) is 4.98 Å². The number of carbonyl (C=O) groups excluding carboxylic acids is 1. The van der Waals surface area contributed by atoms with Crippen molar-refractivity contribution in [2.24, 2.45) is 0 Å². The number of hydrogen-bond donors (Lipinski definition) is 1. The summed E-state index contributed by atoms with van der Waals surface area (Å²) in [5.41, 5.74) is 6.10. The van der Waals surface area contributed by atoms with Crippen LogP contribution in [0, 0.1) is 0 Å². The maximum atomic E-state index is 12.3. The van der Waals surface area contributed by atoms with Crippen molar-refractivity contribution in [2.45, 2.75) is 6.54 Å². The number of benzene rings is 1. The average molecular weight is 346 g/mol. The molecule has 122 valence electrons. The lowest BCUT2D eigenvalue weighted by Gasteiger charge is -2.06. The summed E-state index contributed by atoms with van der Waals surface area (Å²) in [6.45, 7) is 0.430. The summed E-state index contributed by atoms with van der Waals surface area (Å²) in [5, 5.41) is 2.92. The van der Waals surface area contributed by atoms with E-state index in [9.17, 15) is 4.79 Å². The first-order valence-corrected chi connectivity index (χ1v) is 8.64. The highest BCUT2D eigenvalue weighted by molar-refractivity contribution is 7.16. The van der Waals surface area contributed by atoms with E-state index in [0.29, 0.717) is 12.1 Å². The molecule has 0 saturated carbocycles. The summed E-state index contributed by atoms with van der Waals surface area (Å²) in [6.07, 6.45) is 5.28. The molecular weight excluding hydrogens is 332 g/mol. The van der Waals surface area contributed by atoms with Crippen molar-refractivity contribution in [1.29, 1.82) is 0 Å². The van der Waals surface area contributed by atoms with Crippen LogP contribution in [0.15, 0.2) is 66.6 Å². The van der Waals surface area contributed by atoms with Crippen LogP contribution in [-0.2, 0) is 6.54 Å². The SMILES string of the molecule is O=C(NCc1ccc(-c2cccnc2)nc1)c1ccc2ncsc2c1. The van der Waals surface area contributed by atoms with Gasteiger partial charge >= 0.3 is 0 Å². The molecule has 0 aliphatic carbocycles. The van der Waals surface area contributed by atoms with Crippen LogP contribution in [-0.4, -0.2) is 20.9 Å². The maximum Gasteiger partial charge on any atom is 0.251 e. The Morgan fingerprint density at radius 1 is 1.08 bits per heavy atom. The summed E-state index contributed by atoms with van der Waals surface area (Å²) in [6, 6.07) is 13.3. The molecule has 0 radical (unpaired) electrons. The van der Waals surface area contributed by atoms with Gasteiger partial charge in [-0.15, -0.1) is 11.3 Å². The maximum absolute atomic E-state index is 12.3. The van der Waals surface area contributed by atoms with Gasteiger partial charge in [-0.3, -0.25) is 14.8 Å². The summed E-state index contributed by atoms with van der Waals surface area (Å²) >= 11 is 1.53. The van der Waals surface area contributed by atoms with E-state index < -0.39 is 0 Å². The zero-order chi connectivity index (χ0) is 17.1. The van der Waals surface area contributed by atoms with Crippen LogP contribution in [0.5, 0.6) is 0 Å². The summed E-state index contributed by atoms with van der Waals surface area (Å²) < 4.78 is 1.01. The van der Waals surface area contributed by atoms with Crippen LogP contribution in [0.25, 0.3) is 21.5 Å². The standard InChI is InChI=1S/C19H14N4OS/c24-19(14-4-6-17-18(8-14)25-12-23-17)22-10-13-3-5-16(21-9-13)15-2-1-7-20-11-15/h1-9,11-12H,10H2,(H,22,24). The van der Waals surface area contributed by atoms with E-state index in [1.807, 2.05) is 36.4 Å². The van der Waals surface area contributed by atoms with E-state index >= 15 is 0 Å². The Bertz CT molecular complexity index is 1010. The molecule has 1 aromatic carbocycles. The molecule has 0 spiro atoms. The number of rotatable bonds is 4. The minimum Gasteiger partial charge on any atom is -0.348 e. The van der Waals surface area contributed by atoms with E-state index in [2.05, 4.69) is 20.3 Å². The average Bonchev–Trinajstić information content (AvgIpc) is 3.15. The van der Waals surface area contributed by atoms with Crippen molar-refractivity contribution in [3.63, 3.8) is 0 Å². The van der Waals surface area contributed by atoms with E-state index in [1.165, 1.54) is 11.3 Å². The van der Waals surface area contributed by atoms with Crippen molar-refractivity contribution in [2.75, 3.05) is 0 Å². The molecule has 5 nitrogen and oxygen atoms in total. The minimum absolute atomic E-state index is 0.105. The van der Waals surface area contributed by atoms with Crippen LogP contribution in [0.3, 0.4) is 0 Å². The highest BCUT2D eigenvalue weighted by atomic mass is 32.1. The number of thiazole rings is 1. The molecule has 6 heteroatoms. The molecule has 3 heterocycles. The van der Waals surface area contributed by atoms with Gasteiger partial charge in [0.2, 0.25) is 0 Å². The monoisotopic (exact) mass is 346 g/mol. The zero-order valence-electron chi connectivity index (χ0n) is 13.2. The molecule has 0 saturated heterocycles. The molecule has 1 amide bonds. The predicted octanol–water partition coefficient (Wildman–Crippen LogP) is 3.68. The van der Waals surface area contributed by atoms with Crippen molar-refractivity contribution < 1.29 is 4.79 Å². The Morgan fingerprint density at radius 2 is 2.04 bits per heavy atom. The first-order chi connectivity index (χ1) is 12.3. The number of nitrogens with zero attached hydrogens (tertiary/aromatic N) is 3. The highest BCUT2D eigenvalue weighted by Gasteiger charge is 2.08. The topological polar surface area (TPSA) is 67.8 Å². The van der Waals surface area contributed by atoms with E-state index in [-0.39, 0.29) is 5.91 Å². The number of nitrogens with one attached hydrogen (secondary N) is 1. The third-order valence-electron chi connectivity index (χ3n) is 3.83. The molecule has 0 atom stereocenters. The van der Waals surface area contributed by atoms with Gasteiger partial charge in [-0.05, 0) is 42.0 Å². The van der Waals surface area contributed by atoms with Crippen LogP contribution < -0.4 is 5.32 Å². The van der Waals surface area contributed by atoms with Gasteiger partial charge in [0.15, 0.2) is 0 Å². The Hall–Kier alpha value is -3.12. The molecule has 25 heavy (non-hydrogen) atoms. The van der Waals surface area contributed by atoms with Gasteiger partial charge in [0.05, 0.1) is 21.4 Å². The van der Waals surface area contributed by atoms with E-state index in [0.717, 1.165) is 27.0 Å². The Morgan fingerprint density at radius 3 is 2.84 bits per heavy atom. The van der Waals surface area contributed by atoms with Crippen molar-refractivity contribution in [1.82, 2.24) is 20.3 Å². The fraction of sp³-hybridized carbons (Fsp3) is 0.0526. The van der Waals surface area contributed by atoms with Gasteiger partial charge in [-0.2, -0.15) is 0 Å². The normalized spacial score (nSPS) is 10.7. The minimum atomic E-state index is -0.105. The van der Waals surface area contributed by atoms with Crippen molar-refractivity contribution in [3.8, 4) is 11.3 Å². The number of hydrogen-bond acceptors (Lipinski definition) is 5. The largest absolute Gasteiger partial charge is 0.348 e. The van der Waals surface area contributed by atoms with Crippen molar-refractivity contribution in [3.05, 3.63) is 77.7 Å². The number of amides is 1. The van der Waals surface area contributed by atoms with Crippen LogP contribution in [0.4, 0.5) is 0 Å². The van der Waals surface area contributed by atoms with E-state index in [4.69, 9.17) is 0 Å². The first-order valence-electron chi connectivity index (χ1n) is 7.76. The van der Waals surface area contributed by atoms with Crippen LogP contribution in [0.1, 0.15) is 15.9 Å². The third-order valence-corrected chi connectivity index (χ3v) is 4.62. The van der Waals surface area contributed by atoms with Gasteiger partial charge in [0.1, 0.15) is 0 Å². The molecule has 4 rings (SSSR count). The molecule has 0 fully saturated rings. The van der Waals surface area contributed by atoms with Gasteiger partial charge in [0, 0.05) is 36.3 Å². The number of aromatic nitrogens is 3. The molecule has 0 bridgehead atoms. The lowest BCUT2D eigenvalue weighted by molar-refractivity contribution is 0.0951. The molecule has 1 N–H and O–H groups in total. The fourth-order valence-corrected chi connectivity index (χ4v) is 3.21. The molecule has 0 aliphatic heterocycles. The second-order valence-electron chi connectivity index (χ2n) is 5.51. The Kier molecular flexibility index (Phi) is 4.18. The van der Waals surface area contributed by atoms with Crippen LogP contribution in [0.2, 0.25) is 0 Å². The smallest absolute Gasteiger partial charge is 0.251 e. The Labute approximate surface area is 148 Å². The first kappa shape index (κ1) is 15.4. The molecular formula is C19H14N4OS. The molecule has 4 aromatic rings. The summed E-state index contributed by atoms with van der Waals surface area (Å²) in [7, 11) is 0.